The summed E-state index contributed by atoms with van der Waals surface area (Å²) in [6, 6.07) is 15.9. The van der Waals surface area contributed by atoms with Crippen molar-refractivity contribution in [1.29, 1.82) is 5.26 Å². The number of nitriles is 1. The number of nitrogens with one attached hydrogen (secondary N) is 1. The first-order chi connectivity index (χ1) is 13.0. The molecule has 140 valence electrons. The molecule has 0 atom stereocenters. The maximum atomic E-state index is 12.4. The highest BCUT2D eigenvalue weighted by Crippen LogP contribution is 2.29. The van der Waals surface area contributed by atoms with Gasteiger partial charge in [0.1, 0.15) is 6.07 Å². The van der Waals surface area contributed by atoms with Gasteiger partial charge in [-0.3, -0.25) is 4.79 Å². The van der Waals surface area contributed by atoms with Crippen molar-refractivity contribution in [2.45, 2.75) is 44.7 Å². The minimum absolute atomic E-state index is 0.00526. The number of anilines is 1. The highest BCUT2D eigenvalue weighted by Gasteiger charge is 2.25. The van der Waals surface area contributed by atoms with E-state index < -0.39 is 0 Å². The van der Waals surface area contributed by atoms with Gasteiger partial charge in [0.2, 0.25) is 0 Å². The Morgan fingerprint density at radius 2 is 1.81 bits per heavy atom. The SMILES string of the molecule is Cc1ccc(C(=O)N[C@H]2CC[C@H](N(C)c3ccc(C#N)c(Cl)c3)CC2)cc1. The fourth-order valence-electron chi connectivity index (χ4n) is 3.61. The van der Waals surface area contributed by atoms with E-state index in [1.54, 1.807) is 6.07 Å². The van der Waals surface area contributed by atoms with Gasteiger partial charge in [0.25, 0.3) is 5.91 Å². The number of carbonyl (C=O) groups excluding carboxylic acids is 1. The molecule has 2 aromatic rings. The number of nitrogens with zero attached hydrogens (tertiary/aromatic N) is 2. The molecule has 2 aromatic carbocycles. The van der Waals surface area contributed by atoms with Crippen LogP contribution in [0.3, 0.4) is 0 Å². The number of amides is 1. The molecule has 0 saturated heterocycles. The average Bonchev–Trinajstić information content (AvgIpc) is 2.68. The first-order valence-corrected chi connectivity index (χ1v) is 9.65. The van der Waals surface area contributed by atoms with Crippen LogP contribution in [0, 0.1) is 18.3 Å². The van der Waals surface area contributed by atoms with Crippen molar-refractivity contribution in [1.82, 2.24) is 5.32 Å². The highest BCUT2D eigenvalue weighted by molar-refractivity contribution is 6.32. The van der Waals surface area contributed by atoms with Crippen LogP contribution in [0.15, 0.2) is 42.5 Å². The minimum Gasteiger partial charge on any atom is -0.372 e. The zero-order chi connectivity index (χ0) is 19.4. The third-order valence-corrected chi connectivity index (χ3v) is 5.69. The lowest BCUT2D eigenvalue weighted by Crippen LogP contribution is -2.42. The second kappa shape index (κ2) is 8.45. The monoisotopic (exact) mass is 381 g/mol. The molecule has 0 aliphatic heterocycles. The zero-order valence-electron chi connectivity index (χ0n) is 15.7. The Morgan fingerprint density at radius 3 is 2.41 bits per heavy atom. The first kappa shape index (κ1) is 19.3. The standard InChI is InChI=1S/C22H24ClN3O/c1-15-3-5-16(6-4-15)22(27)25-18-8-11-19(12-9-18)26(2)20-10-7-17(14-24)21(23)13-20/h3-7,10,13,18-19H,8-9,11-12H2,1-2H3,(H,25,27)/t18-,19-. The normalized spacial score (nSPS) is 19.2. The van der Waals surface area contributed by atoms with Crippen LogP contribution in [0.2, 0.25) is 5.02 Å². The van der Waals surface area contributed by atoms with E-state index in [9.17, 15) is 4.79 Å². The molecule has 4 nitrogen and oxygen atoms in total. The fraction of sp³-hybridized carbons (Fsp3) is 0.364. The topological polar surface area (TPSA) is 56.1 Å². The van der Waals surface area contributed by atoms with Gasteiger partial charge < -0.3 is 10.2 Å². The summed E-state index contributed by atoms with van der Waals surface area (Å²) in [5.41, 5.74) is 3.38. The predicted octanol–water partition coefficient (Wildman–Crippen LogP) is 4.70. The summed E-state index contributed by atoms with van der Waals surface area (Å²) in [4.78, 5) is 14.6. The number of hydrogen-bond acceptors (Lipinski definition) is 3. The minimum atomic E-state index is 0.00526. The number of halogens is 1. The summed E-state index contributed by atoms with van der Waals surface area (Å²) in [6.07, 6.45) is 3.92. The Balaban J connectivity index is 1.55. The predicted molar refractivity (Wildman–Crippen MR) is 109 cm³/mol. The van der Waals surface area contributed by atoms with Gasteiger partial charge in [-0.05, 0) is 62.9 Å². The van der Waals surface area contributed by atoms with E-state index >= 15 is 0 Å². The summed E-state index contributed by atoms with van der Waals surface area (Å²) < 4.78 is 0. The van der Waals surface area contributed by atoms with Crippen molar-refractivity contribution < 1.29 is 4.79 Å². The molecule has 1 amide bonds. The summed E-state index contributed by atoms with van der Waals surface area (Å²) in [7, 11) is 2.06. The summed E-state index contributed by atoms with van der Waals surface area (Å²) in [6.45, 7) is 2.01. The number of aryl methyl sites for hydroxylation is 1. The van der Waals surface area contributed by atoms with Crippen molar-refractivity contribution >= 4 is 23.2 Å². The van der Waals surface area contributed by atoms with Crippen LogP contribution in [0.5, 0.6) is 0 Å². The third-order valence-electron chi connectivity index (χ3n) is 5.37. The van der Waals surface area contributed by atoms with Crippen LogP contribution in [-0.4, -0.2) is 25.0 Å². The molecule has 0 aromatic heterocycles. The second-order valence-electron chi connectivity index (χ2n) is 7.23. The van der Waals surface area contributed by atoms with Crippen molar-refractivity contribution in [2.75, 3.05) is 11.9 Å². The molecule has 0 bridgehead atoms. The van der Waals surface area contributed by atoms with E-state index in [0.29, 0.717) is 22.2 Å². The van der Waals surface area contributed by atoms with Crippen molar-refractivity contribution in [2.24, 2.45) is 0 Å². The molecular formula is C22H24ClN3O. The molecule has 27 heavy (non-hydrogen) atoms. The quantitative estimate of drug-likeness (QED) is 0.835. The van der Waals surface area contributed by atoms with Gasteiger partial charge in [-0.1, -0.05) is 29.3 Å². The summed E-state index contributed by atoms with van der Waals surface area (Å²) >= 11 is 6.16. The molecule has 0 heterocycles. The number of benzene rings is 2. The molecule has 1 aliphatic rings. The van der Waals surface area contributed by atoms with Gasteiger partial charge in [-0.25, -0.2) is 0 Å². The van der Waals surface area contributed by atoms with Crippen molar-refractivity contribution in [3.63, 3.8) is 0 Å². The van der Waals surface area contributed by atoms with Gasteiger partial charge in [0, 0.05) is 30.4 Å². The smallest absolute Gasteiger partial charge is 0.251 e. The van der Waals surface area contributed by atoms with E-state index in [1.165, 1.54) is 0 Å². The van der Waals surface area contributed by atoms with Crippen LogP contribution in [0.25, 0.3) is 0 Å². The van der Waals surface area contributed by atoms with Crippen molar-refractivity contribution in [3.8, 4) is 6.07 Å². The van der Waals surface area contributed by atoms with E-state index in [1.807, 2.05) is 43.3 Å². The number of hydrogen-bond donors (Lipinski definition) is 1. The Labute approximate surface area is 165 Å². The van der Waals surface area contributed by atoms with Gasteiger partial charge in [0.15, 0.2) is 0 Å². The number of rotatable bonds is 4. The maximum Gasteiger partial charge on any atom is 0.251 e. The molecule has 3 rings (SSSR count). The fourth-order valence-corrected chi connectivity index (χ4v) is 3.82. The van der Waals surface area contributed by atoms with Gasteiger partial charge >= 0.3 is 0 Å². The molecule has 1 aliphatic carbocycles. The van der Waals surface area contributed by atoms with Gasteiger partial charge in [-0.2, -0.15) is 5.26 Å². The first-order valence-electron chi connectivity index (χ1n) is 9.28. The van der Waals surface area contributed by atoms with E-state index in [4.69, 9.17) is 16.9 Å². The Hall–Kier alpha value is -2.51. The molecule has 0 unspecified atom stereocenters. The highest BCUT2D eigenvalue weighted by atomic mass is 35.5. The lowest BCUT2D eigenvalue weighted by molar-refractivity contribution is 0.0926. The molecule has 5 heteroatoms. The Kier molecular flexibility index (Phi) is 6.03. The van der Waals surface area contributed by atoms with Gasteiger partial charge in [0.05, 0.1) is 10.6 Å². The molecular weight excluding hydrogens is 358 g/mol. The van der Waals surface area contributed by atoms with Crippen LogP contribution < -0.4 is 10.2 Å². The van der Waals surface area contributed by atoms with E-state index in [-0.39, 0.29) is 11.9 Å². The summed E-state index contributed by atoms with van der Waals surface area (Å²) in [5, 5.41) is 12.7. The molecule has 1 saturated carbocycles. The molecule has 1 fully saturated rings. The molecule has 0 spiro atoms. The molecule has 1 N–H and O–H groups in total. The Morgan fingerprint density at radius 1 is 1.15 bits per heavy atom. The lowest BCUT2D eigenvalue weighted by Gasteiger charge is -2.36. The van der Waals surface area contributed by atoms with E-state index in [2.05, 4.69) is 23.3 Å². The maximum absolute atomic E-state index is 12.4. The van der Waals surface area contributed by atoms with Gasteiger partial charge in [-0.15, -0.1) is 0 Å². The largest absolute Gasteiger partial charge is 0.372 e. The Bertz CT molecular complexity index is 849. The summed E-state index contributed by atoms with van der Waals surface area (Å²) in [5.74, 6) is 0.00526. The van der Waals surface area contributed by atoms with Crippen molar-refractivity contribution in [3.05, 3.63) is 64.2 Å². The number of carbonyl (C=O) groups is 1. The van der Waals surface area contributed by atoms with Crippen LogP contribution in [0.1, 0.15) is 47.2 Å². The second-order valence-corrected chi connectivity index (χ2v) is 7.64. The van der Waals surface area contributed by atoms with E-state index in [0.717, 1.165) is 36.9 Å². The van der Waals surface area contributed by atoms with Crippen LogP contribution >= 0.6 is 11.6 Å². The van der Waals surface area contributed by atoms with Crippen LogP contribution in [0.4, 0.5) is 5.69 Å². The zero-order valence-corrected chi connectivity index (χ0v) is 16.5. The molecule has 0 radical (unpaired) electrons. The van der Waals surface area contributed by atoms with Crippen LogP contribution in [-0.2, 0) is 0 Å². The average molecular weight is 382 g/mol. The third kappa shape index (κ3) is 4.61. The lowest BCUT2D eigenvalue weighted by atomic mass is 9.90.